The molecule has 108 valence electrons. The van der Waals surface area contributed by atoms with E-state index in [2.05, 4.69) is 11.3 Å². The molecule has 20 heavy (non-hydrogen) atoms. The number of benzene rings is 1. The number of hydrogen-bond acceptors (Lipinski definition) is 5. The Labute approximate surface area is 126 Å². The Hall–Kier alpha value is -1.02. The standard InChI is InChI=1S/C13H16FN3OS2/c1-2-19-16-10-5-6-17(8-10)13(18)9-3-4-12(20-15)11(14)7-9/h2-4,7,10,16H,1,5-6,8,15H2. The molecule has 0 aromatic heterocycles. The second-order valence-corrected chi connectivity index (χ2v) is 5.88. The van der Waals surface area contributed by atoms with Crippen LogP contribution in [0.3, 0.4) is 0 Å². The summed E-state index contributed by atoms with van der Waals surface area (Å²) in [4.78, 5) is 14.4. The molecule has 0 aliphatic carbocycles. The molecule has 1 heterocycles. The van der Waals surface area contributed by atoms with Crippen LogP contribution in [0.5, 0.6) is 0 Å². The van der Waals surface area contributed by atoms with Crippen molar-refractivity contribution in [3.05, 3.63) is 41.6 Å². The molecule has 4 nitrogen and oxygen atoms in total. The number of nitrogens with two attached hydrogens (primary N) is 1. The van der Waals surface area contributed by atoms with Gasteiger partial charge in [0.25, 0.3) is 5.91 Å². The van der Waals surface area contributed by atoms with Gasteiger partial charge in [-0.15, -0.1) is 0 Å². The number of amides is 1. The van der Waals surface area contributed by atoms with E-state index in [1.807, 2.05) is 0 Å². The number of likely N-dealkylation sites (tertiary alicyclic amines) is 1. The number of carbonyl (C=O) groups excluding carboxylic acids is 1. The minimum Gasteiger partial charge on any atom is -0.337 e. The minimum atomic E-state index is -0.459. The Morgan fingerprint density at radius 2 is 2.40 bits per heavy atom. The summed E-state index contributed by atoms with van der Waals surface area (Å²) >= 11 is 2.26. The molecule has 0 radical (unpaired) electrons. The van der Waals surface area contributed by atoms with Crippen molar-refractivity contribution in [1.29, 1.82) is 0 Å². The average Bonchev–Trinajstić information content (AvgIpc) is 2.93. The lowest BCUT2D eigenvalue weighted by molar-refractivity contribution is 0.0789. The first-order valence-corrected chi connectivity index (χ1v) is 7.89. The molecule has 1 aliphatic rings. The lowest BCUT2D eigenvalue weighted by Crippen LogP contribution is -2.32. The molecule has 7 heteroatoms. The van der Waals surface area contributed by atoms with E-state index in [1.165, 1.54) is 24.1 Å². The number of rotatable bonds is 5. The molecule has 1 unspecified atom stereocenters. The van der Waals surface area contributed by atoms with Crippen molar-refractivity contribution < 1.29 is 9.18 Å². The van der Waals surface area contributed by atoms with Crippen molar-refractivity contribution in [2.75, 3.05) is 13.1 Å². The fourth-order valence-electron chi connectivity index (χ4n) is 2.10. The van der Waals surface area contributed by atoms with Crippen LogP contribution < -0.4 is 9.86 Å². The molecule has 1 saturated heterocycles. The Morgan fingerprint density at radius 3 is 3.05 bits per heavy atom. The van der Waals surface area contributed by atoms with Gasteiger partial charge in [0.2, 0.25) is 0 Å². The van der Waals surface area contributed by atoms with Gasteiger partial charge in [0.05, 0.1) is 4.90 Å². The molecular weight excluding hydrogens is 297 g/mol. The van der Waals surface area contributed by atoms with Crippen molar-refractivity contribution in [1.82, 2.24) is 9.62 Å². The molecule has 1 amide bonds. The molecular formula is C13H16FN3OS2. The van der Waals surface area contributed by atoms with Gasteiger partial charge in [-0.05, 0) is 42.0 Å². The van der Waals surface area contributed by atoms with Crippen molar-refractivity contribution in [3.63, 3.8) is 0 Å². The summed E-state index contributed by atoms with van der Waals surface area (Å²) in [7, 11) is 0. The lowest BCUT2D eigenvalue weighted by Gasteiger charge is -2.17. The third-order valence-corrected chi connectivity index (χ3v) is 4.32. The SMILES string of the molecule is C=CSNC1CCN(C(=O)c2ccc(SN)c(F)c2)C1. The maximum Gasteiger partial charge on any atom is 0.254 e. The molecule has 3 N–H and O–H groups in total. The summed E-state index contributed by atoms with van der Waals surface area (Å²) < 4.78 is 16.9. The Bertz CT molecular complexity index is 512. The van der Waals surface area contributed by atoms with Gasteiger partial charge in [0.1, 0.15) is 5.82 Å². The van der Waals surface area contributed by atoms with E-state index in [0.717, 1.165) is 18.4 Å². The summed E-state index contributed by atoms with van der Waals surface area (Å²) in [6.45, 7) is 4.91. The van der Waals surface area contributed by atoms with E-state index in [0.29, 0.717) is 23.5 Å². The van der Waals surface area contributed by atoms with E-state index in [9.17, 15) is 9.18 Å². The van der Waals surface area contributed by atoms with E-state index in [4.69, 9.17) is 5.14 Å². The van der Waals surface area contributed by atoms with Crippen molar-refractivity contribution >= 4 is 29.8 Å². The molecule has 1 fully saturated rings. The molecule has 1 aromatic rings. The van der Waals surface area contributed by atoms with E-state index in [-0.39, 0.29) is 11.9 Å². The first kappa shape index (κ1) is 15.4. The van der Waals surface area contributed by atoms with Gasteiger partial charge in [-0.25, -0.2) is 4.39 Å². The number of hydrogen-bond donors (Lipinski definition) is 2. The fourth-order valence-corrected chi connectivity index (χ4v) is 2.90. The van der Waals surface area contributed by atoms with E-state index < -0.39 is 5.82 Å². The van der Waals surface area contributed by atoms with E-state index >= 15 is 0 Å². The molecule has 0 bridgehead atoms. The zero-order chi connectivity index (χ0) is 14.5. The molecule has 1 aromatic carbocycles. The third-order valence-electron chi connectivity index (χ3n) is 3.10. The highest BCUT2D eigenvalue weighted by atomic mass is 32.2. The number of carbonyl (C=O) groups is 1. The number of nitrogens with one attached hydrogen (secondary N) is 1. The van der Waals surface area contributed by atoms with Gasteiger partial charge in [-0.2, -0.15) is 0 Å². The second kappa shape index (κ2) is 7.12. The molecule has 0 spiro atoms. The highest BCUT2D eigenvalue weighted by Gasteiger charge is 2.27. The maximum atomic E-state index is 13.6. The summed E-state index contributed by atoms with van der Waals surface area (Å²) in [5.74, 6) is -0.607. The van der Waals surface area contributed by atoms with Crippen molar-refractivity contribution in [2.24, 2.45) is 5.14 Å². The van der Waals surface area contributed by atoms with Gasteiger partial charge in [-0.1, -0.05) is 18.5 Å². The number of nitrogens with zero attached hydrogens (tertiary/aromatic N) is 1. The number of halogens is 1. The lowest BCUT2D eigenvalue weighted by atomic mass is 10.2. The average molecular weight is 313 g/mol. The highest BCUT2D eigenvalue weighted by Crippen LogP contribution is 2.20. The molecule has 1 aliphatic heterocycles. The normalized spacial score (nSPS) is 18.3. The van der Waals surface area contributed by atoms with Crippen LogP contribution in [0.15, 0.2) is 35.1 Å². The zero-order valence-electron chi connectivity index (χ0n) is 10.8. The predicted molar refractivity (Wildman–Crippen MR) is 81.7 cm³/mol. The quantitative estimate of drug-likeness (QED) is 0.818. The predicted octanol–water partition coefficient (Wildman–Crippen LogP) is 2.39. The maximum absolute atomic E-state index is 13.6. The van der Waals surface area contributed by atoms with Crippen LogP contribution >= 0.6 is 23.9 Å². The largest absolute Gasteiger partial charge is 0.337 e. The van der Waals surface area contributed by atoms with Crippen LogP contribution in [0.1, 0.15) is 16.8 Å². The minimum absolute atomic E-state index is 0.148. The van der Waals surface area contributed by atoms with Crippen LogP contribution in [0.25, 0.3) is 0 Å². The first-order chi connectivity index (χ1) is 9.65. The Kier molecular flexibility index (Phi) is 5.47. The van der Waals surface area contributed by atoms with Crippen molar-refractivity contribution in [2.45, 2.75) is 17.4 Å². The molecule has 2 rings (SSSR count). The van der Waals surface area contributed by atoms with Crippen LogP contribution in [0.4, 0.5) is 4.39 Å². The zero-order valence-corrected chi connectivity index (χ0v) is 12.5. The monoisotopic (exact) mass is 313 g/mol. The van der Waals surface area contributed by atoms with Crippen LogP contribution in [0.2, 0.25) is 0 Å². The molecule has 0 saturated carbocycles. The van der Waals surface area contributed by atoms with Gasteiger partial charge in [-0.3, -0.25) is 14.7 Å². The highest BCUT2D eigenvalue weighted by molar-refractivity contribution is 8.00. The smallest absolute Gasteiger partial charge is 0.254 e. The first-order valence-electron chi connectivity index (χ1n) is 6.13. The van der Waals surface area contributed by atoms with Crippen LogP contribution in [0, 0.1) is 5.82 Å². The van der Waals surface area contributed by atoms with Gasteiger partial charge < -0.3 is 4.90 Å². The third kappa shape index (κ3) is 3.54. The fraction of sp³-hybridized carbons (Fsp3) is 0.308. The van der Waals surface area contributed by atoms with Crippen molar-refractivity contribution in [3.8, 4) is 0 Å². The van der Waals surface area contributed by atoms with Crippen LogP contribution in [-0.2, 0) is 0 Å². The Morgan fingerprint density at radius 1 is 1.60 bits per heavy atom. The van der Waals surface area contributed by atoms with Gasteiger partial charge in [0, 0.05) is 24.7 Å². The molecule has 1 atom stereocenters. The summed E-state index contributed by atoms with van der Waals surface area (Å²) in [5.41, 5.74) is 0.359. The van der Waals surface area contributed by atoms with E-state index in [1.54, 1.807) is 16.4 Å². The summed E-state index contributed by atoms with van der Waals surface area (Å²) in [6.07, 6.45) is 0.881. The second-order valence-electron chi connectivity index (χ2n) is 4.40. The van der Waals surface area contributed by atoms with Gasteiger partial charge >= 0.3 is 0 Å². The van der Waals surface area contributed by atoms with Gasteiger partial charge in [0.15, 0.2) is 0 Å². The summed E-state index contributed by atoms with van der Waals surface area (Å²) in [6, 6.07) is 4.63. The topological polar surface area (TPSA) is 58.4 Å². The Balaban J connectivity index is 2.01. The summed E-state index contributed by atoms with van der Waals surface area (Å²) in [5, 5.41) is 7.04. The van der Waals surface area contributed by atoms with Crippen LogP contribution in [-0.4, -0.2) is 29.9 Å².